The van der Waals surface area contributed by atoms with Crippen LogP contribution in [0.1, 0.15) is 281 Å². The Bertz CT molecular complexity index is 2040. The largest absolute Gasteiger partial charge is 2.00 e. The number of aryl methyl sites for hydroxylation is 4. The van der Waals surface area contributed by atoms with Crippen LogP contribution in [-0.2, 0) is 45.9 Å². The Kier molecular flexibility index (Phi) is 38.9. The Hall–Kier alpha value is -1.21. The minimum absolute atomic E-state index is 0. The second-order valence-corrected chi connectivity index (χ2v) is 24.0. The van der Waals surface area contributed by atoms with Crippen molar-refractivity contribution in [3.05, 3.63) is 82.9 Å². The Morgan fingerprint density at radius 3 is 0.712 bits per heavy atom. The second kappa shape index (κ2) is 41.8. The Labute approximate surface area is 489 Å². The van der Waals surface area contributed by atoms with E-state index in [1.807, 2.05) is 36.4 Å². The van der Waals surface area contributed by atoms with E-state index >= 15 is 0 Å². The van der Waals surface area contributed by atoms with Crippen molar-refractivity contribution in [2.75, 3.05) is 0 Å². The average molecular weight is 1170 g/mol. The van der Waals surface area contributed by atoms with E-state index in [-0.39, 0.29) is 58.7 Å². The molecule has 0 atom stereocenters. The smallest absolute Gasteiger partial charge is 0.744 e. The molecule has 4 aromatic rings. The van der Waals surface area contributed by atoms with Crippen LogP contribution in [-0.4, -0.2) is 74.8 Å². The van der Waals surface area contributed by atoms with Crippen molar-refractivity contribution in [1.82, 2.24) is 0 Å². The first-order valence-corrected chi connectivity index (χ1v) is 32.8. The van der Waals surface area contributed by atoms with Crippen LogP contribution in [0.15, 0.2) is 70.5 Å². The first kappa shape index (κ1) is 67.9. The van der Waals surface area contributed by atoms with E-state index in [0.717, 1.165) is 62.1 Å². The molecule has 0 unspecified atom stereocenters. The van der Waals surface area contributed by atoms with E-state index in [1.165, 1.54) is 240 Å². The maximum Gasteiger partial charge on any atom is 2.00 e. The van der Waals surface area contributed by atoms with Crippen molar-refractivity contribution in [2.24, 2.45) is 0 Å². The molecule has 0 N–H and O–H groups in total. The standard InChI is InChI=1S/2C32H52O3S.Ba/c2*1-3-5-7-9-11-13-15-17-19-22-28-24-21-25-30-31(36(33,34)35)27-26-29(32(28)30)23-20-18-16-14-12-10-8-6-4-2;/h2*21,24-27H,3-20,22-23H2,1-2H3,(H,33,34,35);/q;;+2/p-2. The minimum atomic E-state index is -4.50. The van der Waals surface area contributed by atoms with Crippen LogP contribution in [0.3, 0.4) is 0 Å². The van der Waals surface area contributed by atoms with E-state index in [9.17, 15) is 25.9 Å². The fourth-order valence-electron chi connectivity index (χ4n) is 10.8. The van der Waals surface area contributed by atoms with Crippen molar-refractivity contribution >= 4 is 90.7 Å². The molecule has 0 amide bonds. The van der Waals surface area contributed by atoms with Gasteiger partial charge in [0.05, 0.1) is 9.79 Å². The SMILES string of the molecule is CCCCCCCCCCCc1cccc2c(S(=O)(=O)[O-])ccc(CCCCCCCCCCC)c12.CCCCCCCCCCCc1cccc2c(S(=O)(=O)[O-])ccc(CCCCCCCCCCC)c12.[Ba+2]. The molecule has 6 nitrogen and oxygen atoms in total. The monoisotopic (exact) mass is 1170 g/mol. The zero-order valence-electron chi connectivity index (χ0n) is 47.0. The van der Waals surface area contributed by atoms with E-state index in [2.05, 4.69) is 39.8 Å². The maximum absolute atomic E-state index is 12.0. The first-order valence-electron chi connectivity index (χ1n) is 30.0. The third-order valence-corrected chi connectivity index (χ3v) is 16.9. The summed E-state index contributed by atoms with van der Waals surface area (Å²) in [6.45, 7) is 9.02. The van der Waals surface area contributed by atoms with Gasteiger partial charge in [-0.15, -0.1) is 0 Å². The van der Waals surface area contributed by atoms with Crippen LogP contribution in [0.4, 0.5) is 0 Å². The zero-order valence-corrected chi connectivity index (χ0v) is 53.1. The number of hydrogen-bond donors (Lipinski definition) is 0. The number of hydrogen-bond acceptors (Lipinski definition) is 6. The number of benzene rings is 4. The predicted octanol–water partition coefficient (Wildman–Crippen LogP) is 19.4. The summed E-state index contributed by atoms with van der Waals surface area (Å²) < 4.78 is 71.8. The van der Waals surface area contributed by atoms with Gasteiger partial charge in [0.1, 0.15) is 20.2 Å². The van der Waals surface area contributed by atoms with Crippen molar-refractivity contribution in [2.45, 2.75) is 294 Å². The Morgan fingerprint density at radius 1 is 0.288 bits per heavy atom. The van der Waals surface area contributed by atoms with Crippen LogP contribution in [0.25, 0.3) is 21.5 Å². The number of rotatable bonds is 42. The fourth-order valence-corrected chi connectivity index (χ4v) is 12.2. The fraction of sp³-hybridized carbons (Fsp3) is 0.688. The molecule has 0 heterocycles. The molecule has 4 rings (SSSR count). The molecule has 0 saturated carbocycles. The van der Waals surface area contributed by atoms with Gasteiger partial charge in [-0.05, 0) is 107 Å². The second-order valence-electron chi connectivity index (χ2n) is 21.3. The Balaban J connectivity index is 0.000000493. The van der Waals surface area contributed by atoms with Crippen LogP contribution < -0.4 is 0 Å². The van der Waals surface area contributed by atoms with Crippen LogP contribution in [0, 0.1) is 0 Å². The molecule has 4 aromatic carbocycles. The van der Waals surface area contributed by atoms with Gasteiger partial charge >= 0.3 is 48.9 Å². The van der Waals surface area contributed by atoms with Crippen molar-refractivity contribution < 1.29 is 25.9 Å². The summed E-state index contributed by atoms with van der Waals surface area (Å²) in [6.07, 6.45) is 50.1. The van der Waals surface area contributed by atoms with Gasteiger partial charge in [0.15, 0.2) is 0 Å². The van der Waals surface area contributed by atoms with Gasteiger partial charge in [-0.3, -0.25) is 0 Å². The molecular formula is C64H102BaO6S2. The molecule has 0 radical (unpaired) electrons. The van der Waals surface area contributed by atoms with Gasteiger partial charge in [0.25, 0.3) is 0 Å². The quantitative estimate of drug-likeness (QED) is 0.0248. The molecular weight excluding hydrogens is 1070 g/mol. The summed E-state index contributed by atoms with van der Waals surface area (Å²) >= 11 is 0. The van der Waals surface area contributed by atoms with Crippen LogP contribution in [0.2, 0.25) is 0 Å². The predicted molar refractivity (Wildman–Crippen MR) is 313 cm³/mol. The molecule has 73 heavy (non-hydrogen) atoms. The van der Waals surface area contributed by atoms with E-state index in [1.54, 1.807) is 0 Å². The van der Waals surface area contributed by atoms with Crippen molar-refractivity contribution in [3.8, 4) is 0 Å². The van der Waals surface area contributed by atoms with Gasteiger partial charge in [0, 0.05) is 0 Å². The average Bonchev–Trinajstić information content (AvgIpc) is 3.36. The summed E-state index contributed by atoms with van der Waals surface area (Å²) in [7, 11) is -9.00. The number of fused-ring (bicyclic) bond motifs is 2. The van der Waals surface area contributed by atoms with Crippen molar-refractivity contribution in [1.29, 1.82) is 0 Å². The molecule has 408 valence electrons. The van der Waals surface area contributed by atoms with Gasteiger partial charge in [-0.2, -0.15) is 0 Å². The summed E-state index contributed by atoms with van der Waals surface area (Å²) in [6, 6.07) is 18.6. The molecule has 0 aliphatic rings. The summed E-state index contributed by atoms with van der Waals surface area (Å²) in [5, 5.41) is 3.28. The summed E-state index contributed by atoms with van der Waals surface area (Å²) in [5.74, 6) is 0. The molecule has 0 fully saturated rings. The van der Waals surface area contributed by atoms with Crippen molar-refractivity contribution in [3.63, 3.8) is 0 Å². The number of unbranched alkanes of at least 4 members (excludes halogenated alkanes) is 32. The summed E-state index contributed by atoms with van der Waals surface area (Å²) in [4.78, 5) is -0.135. The molecule has 0 aliphatic carbocycles. The molecule has 0 aliphatic heterocycles. The summed E-state index contributed by atoms with van der Waals surface area (Å²) in [5.41, 5.74) is 4.80. The van der Waals surface area contributed by atoms with Gasteiger partial charge < -0.3 is 9.11 Å². The minimum Gasteiger partial charge on any atom is -0.744 e. The van der Waals surface area contributed by atoms with Gasteiger partial charge in [0.2, 0.25) is 0 Å². The van der Waals surface area contributed by atoms with Crippen LogP contribution in [0.5, 0.6) is 0 Å². The topological polar surface area (TPSA) is 114 Å². The Morgan fingerprint density at radius 2 is 0.493 bits per heavy atom. The zero-order chi connectivity index (χ0) is 52.1. The van der Waals surface area contributed by atoms with E-state index in [0.29, 0.717) is 10.8 Å². The molecule has 9 heteroatoms. The maximum atomic E-state index is 12.0. The third-order valence-electron chi connectivity index (χ3n) is 15.1. The van der Waals surface area contributed by atoms with Gasteiger partial charge in [-0.1, -0.05) is 282 Å². The first-order chi connectivity index (χ1) is 35.0. The molecule has 0 aromatic heterocycles. The normalized spacial score (nSPS) is 11.8. The van der Waals surface area contributed by atoms with Crippen LogP contribution >= 0.6 is 0 Å². The van der Waals surface area contributed by atoms with E-state index in [4.69, 9.17) is 0 Å². The molecule has 0 spiro atoms. The molecule has 0 saturated heterocycles. The molecule has 0 bridgehead atoms. The van der Waals surface area contributed by atoms with E-state index < -0.39 is 20.2 Å². The van der Waals surface area contributed by atoms with Gasteiger partial charge in [-0.25, -0.2) is 16.8 Å². The third kappa shape index (κ3) is 28.3.